The lowest BCUT2D eigenvalue weighted by Gasteiger charge is -2.14. The van der Waals surface area contributed by atoms with Crippen molar-refractivity contribution in [2.45, 2.75) is 26.7 Å². The number of hydrogen-bond acceptors (Lipinski definition) is 4. The van der Waals surface area contributed by atoms with Gasteiger partial charge in [-0.2, -0.15) is 0 Å². The van der Waals surface area contributed by atoms with E-state index in [0.29, 0.717) is 11.5 Å². The van der Waals surface area contributed by atoms with Gasteiger partial charge in [0.1, 0.15) is 18.0 Å². The van der Waals surface area contributed by atoms with Crippen molar-refractivity contribution in [1.29, 1.82) is 0 Å². The molecule has 2 N–H and O–H groups in total. The second kappa shape index (κ2) is 7.22. The minimum absolute atomic E-state index is 0.0800. The summed E-state index contributed by atoms with van der Waals surface area (Å²) in [7, 11) is 0. The van der Waals surface area contributed by atoms with E-state index >= 15 is 0 Å². The fraction of sp³-hybridized carbons (Fsp3) is 0.333. The molecule has 2 aromatic rings. The third kappa shape index (κ3) is 3.61. The van der Waals surface area contributed by atoms with Crippen molar-refractivity contribution in [2.75, 3.05) is 17.2 Å². The molecule has 1 aromatic heterocycles. The molecule has 0 amide bonds. The molecule has 21 heavy (non-hydrogen) atoms. The number of rotatable bonds is 6. The zero-order valence-corrected chi connectivity index (χ0v) is 12.8. The van der Waals surface area contributed by atoms with Crippen molar-refractivity contribution < 1.29 is 4.39 Å². The molecule has 6 heteroatoms. The van der Waals surface area contributed by atoms with Crippen LogP contribution in [0.15, 0.2) is 24.5 Å². The van der Waals surface area contributed by atoms with Gasteiger partial charge in [0.25, 0.3) is 0 Å². The maximum atomic E-state index is 14.0. The molecule has 0 unspecified atom stereocenters. The van der Waals surface area contributed by atoms with Gasteiger partial charge in [0.2, 0.25) is 0 Å². The number of nitrogens with one attached hydrogen (secondary N) is 2. The summed E-state index contributed by atoms with van der Waals surface area (Å²) in [6, 6.07) is 4.83. The van der Waals surface area contributed by atoms with Crippen LogP contribution in [0.2, 0.25) is 5.02 Å². The molecule has 0 aliphatic rings. The molecular weight excluding hydrogens is 291 g/mol. The second-order valence-electron chi connectivity index (χ2n) is 4.56. The first-order valence-electron chi connectivity index (χ1n) is 6.96. The Bertz CT molecular complexity index is 619. The van der Waals surface area contributed by atoms with Crippen LogP contribution in [0.25, 0.3) is 0 Å². The molecule has 0 bridgehead atoms. The predicted molar refractivity (Wildman–Crippen MR) is 84.9 cm³/mol. The predicted octanol–water partition coefficient (Wildman–Crippen LogP) is 4.40. The van der Waals surface area contributed by atoms with Gasteiger partial charge in [0, 0.05) is 12.1 Å². The third-order valence-electron chi connectivity index (χ3n) is 3.05. The largest absolute Gasteiger partial charge is 0.370 e. The number of aromatic nitrogens is 2. The fourth-order valence-electron chi connectivity index (χ4n) is 1.98. The molecule has 4 nitrogen and oxygen atoms in total. The van der Waals surface area contributed by atoms with Gasteiger partial charge in [-0.15, -0.1) is 0 Å². The summed E-state index contributed by atoms with van der Waals surface area (Å²) in [5, 5.41) is 6.33. The summed E-state index contributed by atoms with van der Waals surface area (Å²) in [5.74, 6) is 0.884. The highest BCUT2D eigenvalue weighted by molar-refractivity contribution is 6.31. The molecule has 0 radical (unpaired) electrons. The number of hydrogen-bond donors (Lipinski definition) is 2. The Morgan fingerprint density at radius 1 is 1.19 bits per heavy atom. The molecule has 0 saturated heterocycles. The summed E-state index contributed by atoms with van der Waals surface area (Å²) < 4.78 is 14.0. The molecule has 0 spiro atoms. The standard InChI is InChI=1S/C15H18ClFN4/c1-3-8-18-14-10(4-2)15(20-9-19-14)21-12-7-5-6-11(16)13(12)17/h5-7,9H,3-4,8H2,1-2H3,(H2,18,19,20,21). The first-order valence-corrected chi connectivity index (χ1v) is 7.33. The van der Waals surface area contributed by atoms with E-state index in [-0.39, 0.29) is 5.02 Å². The number of nitrogens with zero attached hydrogens (tertiary/aromatic N) is 2. The maximum absolute atomic E-state index is 14.0. The molecule has 1 aromatic carbocycles. The molecule has 0 saturated carbocycles. The van der Waals surface area contributed by atoms with E-state index < -0.39 is 5.82 Å². The van der Waals surface area contributed by atoms with Crippen LogP contribution in [0.1, 0.15) is 25.8 Å². The van der Waals surface area contributed by atoms with Gasteiger partial charge < -0.3 is 10.6 Å². The van der Waals surface area contributed by atoms with Crippen molar-refractivity contribution in [2.24, 2.45) is 0 Å². The highest BCUT2D eigenvalue weighted by Gasteiger charge is 2.12. The van der Waals surface area contributed by atoms with E-state index in [0.717, 1.165) is 30.8 Å². The lowest BCUT2D eigenvalue weighted by atomic mass is 10.2. The molecule has 0 aliphatic heterocycles. The van der Waals surface area contributed by atoms with Crippen LogP contribution in [0.5, 0.6) is 0 Å². The average molecular weight is 309 g/mol. The molecule has 112 valence electrons. The number of halogens is 2. The highest BCUT2D eigenvalue weighted by atomic mass is 35.5. The Morgan fingerprint density at radius 2 is 1.95 bits per heavy atom. The average Bonchev–Trinajstić information content (AvgIpc) is 2.50. The van der Waals surface area contributed by atoms with Gasteiger partial charge in [-0.25, -0.2) is 14.4 Å². The van der Waals surface area contributed by atoms with Crippen molar-refractivity contribution in [3.8, 4) is 0 Å². The van der Waals surface area contributed by atoms with Gasteiger partial charge in [-0.1, -0.05) is 31.5 Å². The number of benzene rings is 1. The van der Waals surface area contributed by atoms with Crippen LogP contribution in [0, 0.1) is 5.82 Å². The van der Waals surface area contributed by atoms with Crippen molar-refractivity contribution in [3.63, 3.8) is 0 Å². The minimum Gasteiger partial charge on any atom is -0.370 e. The Labute approximate surface area is 128 Å². The zero-order valence-electron chi connectivity index (χ0n) is 12.1. The van der Waals surface area contributed by atoms with Crippen LogP contribution < -0.4 is 10.6 Å². The van der Waals surface area contributed by atoms with Crippen LogP contribution >= 0.6 is 11.6 Å². The number of anilines is 3. The van der Waals surface area contributed by atoms with Crippen LogP contribution in [-0.2, 0) is 6.42 Å². The molecule has 0 atom stereocenters. The van der Waals surface area contributed by atoms with Crippen LogP contribution in [0.3, 0.4) is 0 Å². The lowest BCUT2D eigenvalue weighted by molar-refractivity contribution is 0.632. The first kappa shape index (κ1) is 15.5. The molecule has 0 fully saturated rings. The third-order valence-corrected chi connectivity index (χ3v) is 3.34. The molecular formula is C15H18ClFN4. The smallest absolute Gasteiger partial charge is 0.165 e. The zero-order chi connectivity index (χ0) is 15.2. The van der Waals surface area contributed by atoms with Crippen molar-refractivity contribution in [1.82, 2.24) is 9.97 Å². The normalized spacial score (nSPS) is 10.5. The Kier molecular flexibility index (Phi) is 5.33. The maximum Gasteiger partial charge on any atom is 0.165 e. The fourth-order valence-corrected chi connectivity index (χ4v) is 2.15. The van der Waals surface area contributed by atoms with E-state index in [1.54, 1.807) is 12.1 Å². The molecule has 1 heterocycles. The highest BCUT2D eigenvalue weighted by Crippen LogP contribution is 2.28. The monoisotopic (exact) mass is 308 g/mol. The quantitative estimate of drug-likeness (QED) is 0.830. The van der Waals surface area contributed by atoms with E-state index in [4.69, 9.17) is 11.6 Å². The van der Waals surface area contributed by atoms with E-state index in [9.17, 15) is 4.39 Å². The van der Waals surface area contributed by atoms with Gasteiger partial charge in [0.15, 0.2) is 5.82 Å². The Balaban J connectivity index is 2.33. The Morgan fingerprint density at radius 3 is 2.67 bits per heavy atom. The van der Waals surface area contributed by atoms with Crippen molar-refractivity contribution >= 4 is 28.9 Å². The SMILES string of the molecule is CCCNc1ncnc(Nc2cccc(Cl)c2F)c1CC. The van der Waals surface area contributed by atoms with Gasteiger partial charge >= 0.3 is 0 Å². The summed E-state index contributed by atoms with van der Waals surface area (Å²) in [6.45, 7) is 4.92. The summed E-state index contributed by atoms with van der Waals surface area (Å²) in [4.78, 5) is 8.46. The molecule has 2 rings (SSSR count). The van der Waals surface area contributed by atoms with Gasteiger partial charge in [-0.05, 0) is 25.0 Å². The van der Waals surface area contributed by atoms with Crippen LogP contribution in [-0.4, -0.2) is 16.5 Å². The van der Waals surface area contributed by atoms with Crippen LogP contribution in [0.4, 0.5) is 21.7 Å². The van der Waals surface area contributed by atoms with E-state index in [2.05, 4.69) is 27.5 Å². The van der Waals surface area contributed by atoms with E-state index in [1.165, 1.54) is 12.4 Å². The lowest BCUT2D eigenvalue weighted by Crippen LogP contribution is -2.09. The topological polar surface area (TPSA) is 49.8 Å². The van der Waals surface area contributed by atoms with Gasteiger partial charge in [0.05, 0.1) is 10.7 Å². The molecule has 0 aliphatic carbocycles. The summed E-state index contributed by atoms with van der Waals surface area (Å²) >= 11 is 5.79. The van der Waals surface area contributed by atoms with E-state index in [1.807, 2.05) is 6.92 Å². The second-order valence-corrected chi connectivity index (χ2v) is 4.96. The summed E-state index contributed by atoms with van der Waals surface area (Å²) in [6.07, 6.45) is 3.19. The summed E-state index contributed by atoms with van der Waals surface area (Å²) in [5.41, 5.74) is 1.22. The Hall–Kier alpha value is -1.88. The minimum atomic E-state index is -0.483. The first-order chi connectivity index (χ1) is 10.2. The van der Waals surface area contributed by atoms with Gasteiger partial charge in [-0.3, -0.25) is 0 Å². The van der Waals surface area contributed by atoms with Crippen molar-refractivity contribution in [3.05, 3.63) is 40.9 Å².